The summed E-state index contributed by atoms with van der Waals surface area (Å²) >= 11 is 4.41. The van der Waals surface area contributed by atoms with Gasteiger partial charge in [-0.1, -0.05) is 0 Å². The number of nitrogens with zero attached hydrogens (tertiary/aromatic N) is 3. The van der Waals surface area contributed by atoms with Crippen molar-refractivity contribution in [3.63, 3.8) is 0 Å². The number of thiol groups is 1. The minimum atomic E-state index is 0.264. The largest absolute Gasteiger partial charge is 0.337 e. The zero-order valence-electron chi connectivity index (χ0n) is 6.44. The van der Waals surface area contributed by atoms with Crippen LogP contribution in [0.1, 0.15) is 13.3 Å². The van der Waals surface area contributed by atoms with Gasteiger partial charge in [0.15, 0.2) is 0 Å². The molecule has 2 aliphatic heterocycles. The molecule has 2 rings (SSSR count). The van der Waals surface area contributed by atoms with Crippen LogP contribution in [0.4, 0.5) is 0 Å². The Kier molecular flexibility index (Phi) is 1.64. The fourth-order valence-electron chi connectivity index (χ4n) is 1.50. The summed E-state index contributed by atoms with van der Waals surface area (Å²) in [5, 5.41) is 0.442. The van der Waals surface area contributed by atoms with Crippen molar-refractivity contribution in [1.82, 2.24) is 4.90 Å². The van der Waals surface area contributed by atoms with Gasteiger partial charge in [0.25, 0.3) is 0 Å². The van der Waals surface area contributed by atoms with Crippen molar-refractivity contribution in [1.29, 1.82) is 0 Å². The molecule has 0 spiro atoms. The first kappa shape index (κ1) is 7.16. The second-order valence-electron chi connectivity index (χ2n) is 2.95. The van der Waals surface area contributed by atoms with Gasteiger partial charge in [-0.15, -0.1) is 0 Å². The smallest absolute Gasteiger partial charge is 0.121 e. The molecule has 0 aromatic heterocycles. The topological polar surface area (TPSA) is 28.0 Å². The SMILES string of the molecule is CC1N=CN=C2CC(S)CN21. The molecule has 0 aliphatic carbocycles. The summed E-state index contributed by atoms with van der Waals surface area (Å²) in [6.45, 7) is 3.07. The van der Waals surface area contributed by atoms with Crippen LogP contribution in [-0.2, 0) is 0 Å². The molecule has 2 aliphatic rings. The predicted molar refractivity (Wildman–Crippen MR) is 49.5 cm³/mol. The van der Waals surface area contributed by atoms with Crippen molar-refractivity contribution in [2.24, 2.45) is 9.98 Å². The third-order valence-electron chi connectivity index (χ3n) is 2.10. The minimum Gasteiger partial charge on any atom is -0.337 e. The van der Waals surface area contributed by atoms with Crippen LogP contribution in [0.5, 0.6) is 0 Å². The molecular formula is C7H11N3S. The molecule has 4 heteroatoms. The first-order valence-electron chi connectivity index (χ1n) is 3.80. The number of hydrogen-bond donors (Lipinski definition) is 1. The standard InChI is InChI=1S/C7H11N3S/c1-5-8-4-9-7-2-6(11)3-10(5)7/h4-6,11H,2-3H2,1H3. The van der Waals surface area contributed by atoms with Crippen LogP contribution < -0.4 is 0 Å². The molecule has 0 bridgehead atoms. The molecule has 0 amide bonds. The van der Waals surface area contributed by atoms with E-state index in [1.165, 1.54) is 0 Å². The number of amidine groups is 1. The predicted octanol–water partition coefficient (Wildman–Crippen LogP) is 0.777. The van der Waals surface area contributed by atoms with Crippen molar-refractivity contribution < 1.29 is 0 Å². The lowest BCUT2D eigenvalue weighted by molar-refractivity contribution is 0.365. The van der Waals surface area contributed by atoms with Gasteiger partial charge in [0, 0.05) is 18.2 Å². The quantitative estimate of drug-likeness (QED) is 0.533. The summed E-state index contributed by atoms with van der Waals surface area (Å²) in [5.74, 6) is 1.15. The Balaban J connectivity index is 2.22. The summed E-state index contributed by atoms with van der Waals surface area (Å²) in [4.78, 5) is 10.6. The molecule has 0 aromatic rings. The number of fused-ring (bicyclic) bond motifs is 1. The molecule has 0 saturated carbocycles. The van der Waals surface area contributed by atoms with E-state index in [-0.39, 0.29) is 6.17 Å². The van der Waals surface area contributed by atoms with Gasteiger partial charge in [-0.2, -0.15) is 12.6 Å². The maximum absolute atomic E-state index is 4.41. The fraction of sp³-hybridized carbons (Fsp3) is 0.714. The monoisotopic (exact) mass is 169 g/mol. The highest BCUT2D eigenvalue weighted by molar-refractivity contribution is 7.81. The van der Waals surface area contributed by atoms with Gasteiger partial charge in [-0.05, 0) is 6.92 Å². The molecular weight excluding hydrogens is 158 g/mol. The lowest BCUT2D eigenvalue weighted by Gasteiger charge is -2.25. The van der Waals surface area contributed by atoms with Gasteiger partial charge in [0.05, 0.1) is 0 Å². The Hall–Kier alpha value is -0.510. The lowest BCUT2D eigenvalue weighted by atomic mass is 10.3. The Morgan fingerprint density at radius 3 is 3.27 bits per heavy atom. The molecule has 2 atom stereocenters. The molecule has 3 nitrogen and oxygen atoms in total. The van der Waals surface area contributed by atoms with Gasteiger partial charge in [0.1, 0.15) is 18.3 Å². The average molecular weight is 169 g/mol. The normalized spacial score (nSPS) is 35.5. The van der Waals surface area contributed by atoms with Crippen molar-refractivity contribution in [3.05, 3.63) is 0 Å². The van der Waals surface area contributed by atoms with Crippen LogP contribution in [0.2, 0.25) is 0 Å². The highest BCUT2D eigenvalue weighted by Crippen LogP contribution is 2.21. The van der Waals surface area contributed by atoms with E-state index in [0.29, 0.717) is 5.25 Å². The van der Waals surface area contributed by atoms with Crippen LogP contribution in [0.3, 0.4) is 0 Å². The third-order valence-corrected chi connectivity index (χ3v) is 2.44. The first-order chi connectivity index (χ1) is 5.27. The Labute approximate surface area is 71.6 Å². The van der Waals surface area contributed by atoms with Crippen LogP contribution in [0.15, 0.2) is 9.98 Å². The fourth-order valence-corrected chi connectivity index (χ4v) is 1.84. The molecule has 2 unspecified atom stereocenters. The molecule has 2 heterocycles. The van der Waals surface area contributed by atoms with E-state index in [1.54, 1.807) is 6.34 Å². The molecule has 0 N–H and O–H groups in total. The van der Waals surface area contributed by atoms with Gasteiger partial charge < -0.3 is 4.90 Å². The van der Waals surface area contributed by atoms with Crippen molar-refractivity contribution in [2.45, 2.75) is 24.8 Å². The first-order valence-corrected chi connectivity index (χ1v) is 4.32. The molecule has 11 heavy (non-hydrogen) atoms. The summed E-state index contributed by atoms with van der Waals surface area (Å²) in [7, 11) is 0. The molecule has 60 valence electrons. The zero-order chi connectivity index (χ0) is 7.84. The second kappa shape index (κ2) is 2.52. The van der Waals surface area contributed by atoms with Gasteiger partial charge >= 0.3 is 0 Å². The molecule has 0 radical (unpaired) electrons. The summed E-state index contributed by atoms with van der Waals surface area (Å²) in [5.41, 5.74) is 0. The van der Waals surface area contributed by atoms with Gasteiger partial charge in [0.2, 0.25) is 0 Å². The highest BCUT2D eigenvalue weighted by atomic mass is 32.1. The summed E-state index contributed by atoms with van der Waals surface area (Å²) in [6.07, 6.45) is 2.90. The third kappa shape index (κ3) is 1.15. The van der Waals surface area contributed by atoms with E-state index in [0.717, 1.165) is 18.8 Å². The molecule has 1 saturated heterocycles. The van der Waals surface area contributed by atoms with E-state index in [1.807, 2.05) is 0 Å². The number of hydrogen-bond acceptors (Lipinski definition) is 4. The Morgan fingerprint density at radius 2 is 2.55 bits per heavy atom. The van der Waals surface area contributed by atoms with Gasteiger partial charge in [-0.25, -0.2) is 9.98 Å². The zero-order valence-corrected chi connectivity index (χ0v) is 7.33. The molecule has 0 aromatic carbocycles. The minimum absolute atomic E-state index is 0.264. The van der Waals surface area contributed by atoms with Crippen molar-refractivity contribution >= 4 is 24.8 Å². The highest BCUT2D eigenvalue weighted by Gasteiger charge is 2.29. The molecule has 1 fully saturated rings. The Bertz CT molecular complexity index is 224. The Morgan fingerprint density at radius 1 is 1.73 bits per heavy atom. The van der Waals surface area contributed by atoms with E-state index < -0.39 is 0 Å². The van der Waals surface area contributed by atoms with Crippen LogP contribution in [0.25, 0.3) is 0 Å². The number of aliphatic imine (C=N–C) groups is 2. The lowest BCUT2D eigenvalue weighted by Crippen LogP contribution is -2.35. The van der Waals surface area contributed by atoms with E-state index >= 15 is 0 Å². The van der Waals surface area contributed by atoms with Crippen LogP contribution >= 0.6 is 12.6 Å². The van der Waals surface area contributed by atoms with Crippen molar-refractivity contribution in [2.75, 3.05) is 6.54 Å². The average Bonchev–Trinajstić information content (AvgIpc) is 2.31. The van der Waals surface area contributed by atoms with Crippen LogP contribution in [-0.4, -0.2) is 35.0 Å². The maximum Gasteiger partial charge on any atom is 0.121 e. The van der Waals surface area contributed by atoms with Crippen molar-refractivity contribution in [3.8, 4) is 0 Å². The maximum atomic E-state index is 4.41. The van der Waals surface area contributed by atoms with Crippen LogP contribution in [0, 0.1) is 0 Å². The summed E-state index contributed by atoms with van der Waals surface area (Å²) in [6, 6.07) is 0. The van der Waals surface area contributed by atoms with E-state index in [9.17, 15) is 0 Å². The second-order valence-corrected chi connectivity index (χ2v) is 3.68. The number of rotatable bonds is 0. The van der Waals surface area contributed by atoms with E-state index in [4.69, 9.17) is 0 Å². The van der Waals surface area contributed by atoms with E-state index in [2.05, 4.69) is 34.4 Å². The van der Waals surface area contributed by atoms with Gasteiger partial charge in [-0.3, -0.25) is 0 Å². The summed E-state index contributed by atoms with van der Waals surface area (Å²) < 4.78 is 0.